The van der Waals surface area contributed by atoms with Crippen molar-refractivity contribution in [3.8, 4) is 5.75 Å². The zero-order valence-electron chi connectivity index (χ0n) is 21.7. The monoisotopic (exact) mass is 519 g/mol. The second kappa shape index (κ2) is 12.5. The van der Waals surface area contributed by atoms with Crippen LogP contribution in [0.5, 0.6) is 5.75 Å². The number of halogens is 3. The van der Waals surface area contributed by atoms with E-state index in [9.17, 15) is 22.8 Å². The summed E-state index contributed by atoms with van der Waals surface area (Å²) < 4.78 is 47.0. The number of hydrogen-bond donors (Lipinski definition) is 2. The number of carbonyl (C=O) groups is 2. The summed E-state index contributed by atoms with van der Waals surface area (Å²) in [6, 6.07) is 6.83. The van der Waals surface area contributed by atoms with Gasteiger partial charge < -0.3 is 15.2 Å². The van der Waals surface area contributed by atoms with Crippen LogP contribution in [0.25, 0.3) is 0 Å². The van der Waals surface area contributed by atoms with Crippen molar-refractivity contribution in [2.45, 2.75) is 84.2 Å². The van der Waals surface area contributed by atoms with Gasteiger partial charge in [0.05, 0.1) is 24.3 Å². The molecule has 1 aliphatic carbocycles. The van der Waals surface area contributed by atoms with Crippen LogP contribution in [0.15, 0.2) is 30.3 Å². The summed E-state index contributed by atoms with van der Waals surface area (Å²) >= 11 is 0. The quantitative estimate of drug-likeness (QED) is 0.330. The molecule has 5 nitrogen and oxygen atoms in total. The molecule has 0 aromatic heterocycles. The van der Waals surface area contributed by atoms with Crippen molar-refractivity contribution in [2.24, 2.45) is 5.92 Å². The van der Waals surface area contributed by atoms with E-state index in [0.29, 0.717) is 35.0 Å². The van der Waals surface area contributed by atoms with Crippen LogP contribution in [-0.2, 0) is 11.0 Å². The summed E-state index contributed by atoms with van der Waals surface area (Å²) in [5, 5.41) is 11.5. The largest absolute Gasteiger partial charge is 0.494 e. The molecule has 1 unspecified atom stereocenters. The number of ether oxygens (including phenoxy) is 1. The van der Waals surface area contributed by atoms with Gasteiger partial charge in [-0.25, -0.2) is 0 Å². The van der Waals surface area contributed by atoms with E-state index in [-0.39, 0.29) is 12.0 Å². The maximum absolute atomic E-state index is 13.7. The Morgan fingerprint density at radius 1 is 1.05 bits per heavy atom. The van der Waals surface area contributed by atoms with Crippen molar-refractivity contribution >= 4 is 17.6 Å². The predicted molar refractivity (Wildman–Crippen MR) is 137 cm³/mol. The number of rotatable bonds is 9. The molecule has 37 heavy (non-hydrogen) atoms. The number of carboxylic acid groups (broad SMARTS) is 1. The Balaban J connectivity index is 1.76. The van der Waals surface area contributed by atoms with E-state index in [1.807, 2.05) is 0 Å². The van der Waals surface area contributed by atoms with Gasteiger partial charge in [0, 0.05) is 5.56 Å². The highest BCUT2D eigenvalue weighted by Crippen LogP contribution is 2.37. The van der Waals surface area contributed by atoms with Crippen LogP contribution in [0.1, 0.15) is 96.8 Å². The first-order valence-electron chi connectivity index (χ1n) is 12.9. The van der Waals surface area contributed by atoms with Crippen molar-refractivity contribution < 1.29 is 32.6 Å². The zero-order valence-corrected chi connectivity index (χ0v) is 21.7. The smallest absolute Gasteiger partial charge is 0.418 e. The van der Waals surface area contributed by atoms with Crippen molar-refractivity contribution in [3.63, 3.8) is 0 Å². The summed E-state index contributed by atoms with van der Waals surface area (Å²) in [7, 11) is 0. The van der Waals surface area contributed by atoms with Gasteiger partial charge in [0.1, 0.15) is 5.75 Å². The van der Waals surface area contributed by atoms with E-state index in [0.717, 1.165) is 12.5 Å². The summed E-state index contributed by atoms with van der Waals surface area (Å²) in [5.41, 5.74) is 0.511. The Morgan fingerprint density at radius 2 is 1.68 bits per heavy atom. The standard InChI is InChI=1S/C29H36F3NO4/c1-18(16-26(34)35)22-10-11-24(29(30,31)32)25(17-22)33-28(36)27-19(2)14-23(15-20(27)3)37-13-12-21-8-6-4-5-7-9-21/h10-11,14-15,17-18,21H,4-9,12-13,16H2,1-3H3,(H,33,36)(H,34,35). The average molecular weight is 520 g/mol. The summed E-state index contributed by atoms with van der Waals surface area (Å²) in [6.45, 7) is 5.67. The number of carbonyl (C=O) groups excluding carboxylic acids is 1. The lowest BCUT2D eigenvalue weighted by Gasteiger charge is -2.19. The maximum Gasteiger partial charge on any atom is 0.418 e. The van der Waals surface area contributed by atoms with Crippen LogP contribution in [0.3, 0.4) is 0 Å². The Hall–Kier alpha value is -3.03. The number of benzene rings is 2. The molecule has 0 radical (unpaired) electrons. The minimum atomic E-state index is -4.68. The number of carboxylic acids is 1. The Labute approximate surface area is 216 Å². The first-order chi connectivity index (χ1) is 17.5. The summed E-state index contributed by atoms with van der Waals surface area (Å²) in [6.07, 6.45) is 3.67. The fourth-order valence-corrected chi connectivity index (χ4v) is 5.14. The maximum atomic E-state index is 13.7. The van der Waals surface area contributed by atoms with Gasteiger partial charge in [0.25, 0.3) is 5.91 Å². The van der Waals surface area contributed by atoms with E-state index in [1.165, 1.54) is 50.7 Å². The first-order valence-corrected chi connectivity index (χ1v) is 12.9. The molecule has 2 aromatic carbocycles. The molecule has 1 aliphatic rings. The molecule has 1 fully saturated rings. The lowest BCUT2D eigenvalue weighted by molar-refractivity contribution is -0.138. The van der Waals surface area contributed by atoms with E-state index in [1.54, 1.807) is 32.9 Å². The van der Waals surface area contributed by atoms with E-state index in [4.69, 9.17) is 9.84 Å². The molecule has 1 atom stereocenters. The highest BCUT2D eigenvalue weighted by Gasteiger charge is 2.34. The van der Waals surface area contributed by atoms with Gasteiger partial charge in [-0.1, -0.05) is 51.5 Å². The molecular weight excluding hydrogens is 483 g/mol. The van der Waals surface area contributed by atoms with Gasteiger partial charge in [-0.3, -0.25) is 9.59 Å². The molecule has 0 heterocycles. The zero-order chi connectivity index (χ0) is 27.2. The molecule has 1 saturated carbocycles. The second-order valence-electron chi connectivity index (χ2n) is 10.2. The molecule has 1 amide bonds. The van der Waals surface area contributed by atoms with Crippen LogP contribution in [0.2, 0.25) is 0 Å². The Kier molecular flexibility index (Phi) is 9.62. The molecule has 2 aromatic rings. The number of anilines is 1. The number of aliphatic carboxylic acids is 1. The number of alkyl halides is 3. The van der Waals surface area contributed by atoms with Gasteiger partial charge in [0.15, 0.2) is 0 Å². The van der Waals surface area contributed by atoms with Crippen LogP contribution >= 0.6 is 0 Å². The minimum Gasteiger partial charge on any atom is -0.494 e. The minimum absolute atomic E-state index is 0.237. The fraction of sp³-hybridized carbons (Fsp3) is 0.517. The van der Waals surface area contributed by atoms with Crippen molar-refractivity contribution in [1.29, 1.82) is 0 Å². The van der Waals surface area contributed by atoms with Gasteiger partial charge >= 0.3 is 12.1 Å². The average Bonchev–Trinajstić information content (AvgIpc) is 3.06. The highest BCUT2D eigenvalue weighted by molar-refractivity contribution is 6.06. The number of aryl methyl sites for hydroxylation is 2. The van der Waals surface area contributed by atoms with Crippen LogP contribution in [0.4, 0.5) is 18.9 Å². The normalized spacial score (nSPS) is 15.6. The van der Waals surface area contributed by atoms with E-state index in [2.05, 4.69) is 5.32 Å². The highest BCUT2D eigenvalue weighted by atomic mass is 19.4. The second-order valence-corrected chi connectivity index (χ2v) is 10.2. The van der Waals surface area contributed by atoms with Crippen molar-refractivity contribution in [1.82, 2.24) is 0 Å². The number of hydrogen-bond acceptors (Lipinski definition) is 3. The van der Waals surface area contributed by atoms with Gasteiger partial charge in [0.2, 0.25) is 0 Å². The van der Waals surface area contributed by atoms with E-state index >= 15 is 0 Å². The van der Waals surface area contributed by atoms with Crippen LogP contribution in [0, 0.1) is 19.8 Å². The molecule has 3 rings (SSSR count). The van der Waals surface area contributed by atoms with Crippen molar-refractivity contribution in [2.75, 3.05) is 11.9 Å². The predicted octanol–water partition coefficient (Wildman–Crippen LogP) is 7.89. The van der Waals surface area contributed by atoms with Crippen LogP contribution < -0.4 is 10.1 Å². The third-order valence-electron chi connectivity index (χ3n) is 7.15. The first kappa shape index (κ1) is 28.5. The fourth-order valence-electron chi connectivity index (χ4n) is 5.14. The van der Waals surface area contributed by atoms with Gasteiger partial charge in [-0.15, -0.1) is 0 Å². The SMILES string of the molecule is Cc1cc(OCCC2CCCCCC2)cc(C)c1C(=O)Nc1cc(C(C)CC(=O)O)ccc1C(F)(F)F. The molecule has 0 bridgehead atoms. The van der Waals surface area contributed by atoms with Crippen LogP contribution in [-0.4, -0.2) is 23.6 Å². The van der Waals surface area contributed by atoms with E-state index < -0.39 is 35.2 Å². The third kappa shape index (κ3) is 7.98. The number of amides is 1. The molecule has 2 N–H and O–H groups in total. The summed E-state index contributed by atoms with van der Waals surface area (Å²) in [5.74, 6) is -0.921. The molecule has 8 heteroatoms. The Bertz CT molecular complexity index is 1080. The molecule has 0 aliphatic heterocycles. The molecular formula is C29H36F3NO4. The summed E-state index contributed by atoms with van der Waals surface area (Å²) in [4.78, 5) is 24.2. The molecule has 0 saturated heterocycles. The molecule has 0 spiro atoms. The van der Waals surface area contributed by atoms with Gasteiger partial charge in [-0.2, -0.15) is 13.2 Å². The van der Waals surface area contributed by atoms with Crippen molar-refractivity contribution in [3.05, 3.63) is 58.1 Å². The number of nitrogens with one attached hydrogen (secondary N) is 1. The lowest BCUT2D eigenvalue weighted by Crippen LogP contribution is -2.19. The lowest BCUT2D eigenvalue weighted by atomic mass is 9.95. The Morgan fingerprint density at radius 3 is 2.24 bits per heavy atom. The third-order valence-corrected chi connectivity index (χ3v) is 7.15. The topological polar surface area (TPSA) is 75.6 Å². The van der Waals surface area contributed by atoms with Gasteiger partial charge in [-0.05, 0) is 73.1 Å². The molecule has 202 valence electrons.